The summed E-state index contributed by atoms with van der Waals surface area (Å²) >= 11 is 0. The number of primary amides is 1. The number of carbonyl (C=O) groups is 3. The van der Waals surface area contributed by atoms with Gasteiger partial charge in [0.15, 0.2) is 0 Å². The van der Waals surface area contributed by atoms with Gasteiger partial charge in [-0.15, -0.1) is 0 Å². The summed E-state index contributed by atoms with van der Waals surface area (Å²) in [5.41, 5.74) is 10.6. The number of aryl methyl sites for hydroxylation is 1. The molecule has 0 aliphatic carbocycles. The van der Waals surface area contributed by atoms with E-state index in [2.05, 4.69) is 16.0 Å². The van der Waals surface area contributed by atoms with E-state index in [0.717, 1.165) is 33.3 Å². The van der Waals surface area contributed by atoms with Gasteiger partial charge in [0.1, 0.15) is 6.54 Å². The number of nitrogens with two attached hydrogens (primary N) is 1. The Hall–Kier alpha value is -4.39. The highest BCUT2D eigenvalue weighted by atomic mass is 16.2. The first kappa shape index (κ1) is 21.5. The summed E-state index contributed by atoms with van der Waals surface area (Å²) in [5, 5.41) is 3.52. The van der Waals surface area contributed by atoms with Crippen LogP contribution in [0.15, 0.2) is 78.9 Å². The molecule has 3 amide bonds. The fourth-order valence-electron chi connectivity index (χ4n) is 4.89. The van der Waals surface area contributed by atoms with Crippen molar-refractivity contribution in [2.45, 2.75) is 6.04 Å². The highest BCUT2D eigenvalue weighted by Crippen LogP contribution is 2.46. The van der Waals surface area contributed by atoms with E-state index in [9.17, 15) is 14.4 Å². The molecule has 170 valence electrons. The first-order valence-corrected chi connectivity index (χ1v) is 11.0. The molecular formula is C27H24N4O3. The smallest absolute Gasteiger partial charge is 0.255 e. The minimum Gasteiger partial charge on any atom is -0.368 e. The van der Waals surface area contributed by atoms with Crippen molar-refractivity contribution in [2.75, 3.05) is 13.1 Å². The Balaban J connectivity index is 1.72. The fourth-order valence-corrected chi connectivity index (χ4v) is 4.89. The molecular weight excluding hydrogens is 428 g/mol. The van der Waals surface area contributed by atoms with Gasteiger partial charge in [0.2, 0.25) is 11.8 Å². The largest absolute Gasteiger partial charge is 0.368 e. The van der Waals surface area contributed by atoms with Gasteiger partial charge in [0.25, 0.3) is 5.91 Å². The predicted octanol–water partition coefficient (Wildman–Crippen LogP) is 2.99. The number of aromatic nitrogens is 1. The first-order chi connectivity index (χ1) is 16.5. The maximum Gasteiger partial charge on any atom is 0.255 e. The summed E-state index contributed by atoms with van der Waals surface area (Å²) in [6, 6.07) is 25.1. The summed E-state index contributed by atoms with van der Waals surface area (Å²) in [7, 11) is 2.01. The van der Waals surface area contributed by atoms with E-state index in [1.165, 1.54) is 0 Å². The molecule has 1 aliphatic rings. The highest BCUT2D eigenvalue weighted by molar-refractivity contribution is 6.04. The number of nitrogens with one attached hydrogen (secondary N) is 1. The van der Waals surface area contributed by atoms with Crippen LogP contribution in [-0.4, -0.2) is 40.3 Å². The summed E-state index contributed by atoms with van der Waals surface area (Å²) in [6.07, 6.45) is 0. The van der Waals surface area contributed by atoms with Gasteiger partial charge in [-0.2, -0.15) is 0 Å². The molecule has 3 N–H and O–H groups in total. The third-order valence-corrected chi connectivity index (χ3v) is 6.30. The van der Waals surface area contributed by atoms with Crippen LogP contribution in [0.2, 0.25) is 0 Å². The zero-order valence-corrected chi connectivity index (χ0v) is 18.7. The number of fused-ring (bicyclic) bond motifs is 2. The number of hydrogen-bond acceptors (Lipinski definition) is 3. The molecule has 0 bridgehead atoms. The van der Waals surface area contributed by atoms with Gasteiger partial charge < -0.3 is 20.5 Å². The van der Waals surface area contributed by atoms with Crippen molar-refractivity contribution < 1.29 is 14.4 Å². The molecule has 0 spiro atoms. The molecule has 3 aromatic carbocycles. The average Bonchev–Trinajstić information content (AvgIpc) is 3.29. The SMILES string of the molecule is Cn1c(-c2ccccc2)c([C@H]2c3ccccc3C(=O)N2CC(=O)NCC(N)=O)c2ccccc21. The van der Waals surface area contributed by atoms with Gasteiger partial charge in [-0.3, -0.25) is 14.4 Å². The van der Waals surface area contributed by atoms with E-state index in [1.54, 1.807) is 11.0 Å². The molecule has 0 saturated carbocycles. The monoisotopic (exact) mass is 452 g/mol. The van der Waals surface area contributed by atoms with Crippen molar-refractivity contribution >= 4 is 28.6 Å². The van der Waals surface area contributed by atoms with Crippen molar-refractivity contribution in [3.8, 4) is 11.3 Å². The van der Waals surface area contributed by atoms with Crippen molar-refractivity contribution in [3.63, 3.8) is 0 Å². The molecule has 7 nitrogen and oxygen atoms in total. The van der Waals surface area contributed by atoms with Gasteiger partial charge in [0, 0.05) is 29.1 Å². The lowest BCUT2D eigenvalue weighted by atomic mass is 9.93. The van der Waals surface area contributed by atoms with Crippen LogP contribution in [0.3, 0.4) is 0 Å². The third-order valence-electron chi connectivity index (χ3n) is 6.30. The second-order valence-corrected chi connectivity index (χ2v) is 8.37. The normalized spacial score (nSPS) is 14.9. The van der Waals surface area contributed by atoms with Gasteiger partial charge >= 0.3 is 0 Å². The number of benzene rings is 3. The molecule has 4 aromatic rings. The topological polar surface area (TPSA) is 97.4 Å². The number of nitrogens with zero attached hydrogens (tertiary/aromatic N) is 2. The Morgan fingerprint density at radius 2 is 1.62 bits per heavy atom. The Labute approximate surface area is 196 Å². The maximum absolute atomic E-state index is 13.5. The van der Waals surface area contributed by atoms with Crippen LogP contribution < -0.4 is 11.1 Å². The second kappa shape index (κ2) is 8.51. The van der Waals surface area contributed by atoms with Crippen LogP contribution in [0, 0.1) is 0 Å². The Kier molecular flexibility index (Phi) is 5.37. The minimum atomic E-state index is -0.638. The van der Waals surface area contributed by atoms with Crippen LogP contribution in [0.5, 0.6) is 0 Å². The molecule has 0 saturated heterocycles. The van der Waals surface area contributed by atoms with Crippen LogP contribution in [-0.2, 0) is 16.6 Å². The van der Waals surface area contributed by atoms with E-state index in [4.69, 9.17) is 5.73 Å². The molecule has 0 unspecified atom stereocenters. The van der Waals surface area contributed by atoms with E-state index in [-0.39, 0.29) is 19.0 Å². The lowest BCUT2D eigenvalue weighted by molar-refractivity contribution is -0.125. The van der Waals surface area contributed by atoms with Gasteiger partial charge in [-0.1, -0.05) is 66.7 Å². The Morgan fingerprint density at radius 3 is 2.38 bits per heavy atom. The maximum atomic E-state index is 13.5. The van der Waals surface area contributed by atoms with Crippen molar-refractivity contribution in [1.29, 1.82) is 0 Å². The van der Waals surface area contributed by atoms with Crippen LogP contribution >= 0.6 is 0 Å². The summed E-state index contributed by atoms with van der Waals surface area (Å²) < 4.78 is 2.14. The summed E-state index contributed by atoms with van der Waals surface area (Å²) in [6.45, 7) is -0.467. The second-order valence-electron chi connectivity index (χ2n) is 8.37. The number of rotatable bonds is 6. The highest BCUT2D eigenvalue weighted by Gasteiger charge is 2.41. The van der Waals surface area contributed by atoms with Crippen LogP contribution in [0.1, 0.15) is 27.5 Å². The van der Waals surface area contributed by atoms with E-state index >= 15 is 0 Å². The molecule has 2 heterocycles. The third kappa shape index (κ3) is 3.51. The van der Waals surface area contributed by atoms with Gasteiger partial charge in [0.05, 0.1) is 18.3 Å². The predicted molar refractivity (Wildman–Crippen MR) is 130 cm³/mol. The van der Waals surface area contributed by atoms with Crippen LogP contribution in [0.25, 0.3) is 22.2 Å². The Morgan fingerprint density at radius 1 is 0.941 bits per heavy atom. The summed E-state index contributed by atoms with van der Waals surface area (Å²) in [4.78, 5) is 38.9. The van der Waals surface area contributed by atoms with Crippen molar-refractivity contribution in [3.05, 3.63) is 95.6 Å². The van der Waals surface area contributed by atoms with E-state index in [0.29, 0.717) is 5.56 Å². The lowest BCUT2D eigenvalue weighted by Gasteiger charge is -2.26. The molecule has 1 atom stereocenters. The molecule has 0 radical (unpaired) electrons. The van der Waals surface area contributed by atoms with E-state index < -0.39 is 17.9 Å². The van der Waals surface area contributed by atoms with Crippen molar-refractivity contribution in [2.24, 2.45) is 12.8 Å². The minimum absolute atomic E-state index is 0.192. The summed E-state index contributed by atoms with van der Waals surface area (Å²) in [5.74, 6) is -1.30. The van der Waals surface area contributed by atoms with Gasteiger partial charge in [-0.25, -0.2) is 0 Å². The van der Waals surface area contributed by atoms with Crippen molar-refractivity contribution in [1.82, 2.24) is 14.8 Å². The molecule has 34 heavy (non-hydrogen) atoms. The first-order valence-electron chi connectivity index (χ1n) is 11.0. The standard InChI is InChI=1S/C27H24N4O3/c1-30-21-14-8-7-13-20(21)24(25(30)17-9-3-2-4-10-17)26-18-11-5-6-12-19(18)27(34)31(26)16-23(33)29-15-22(28)32/h2-14,26H,15-16H2,1H3,(H2,28,32)(H,29,33)/t26-/m1/s1. The molecule has 1 aliphatic heterocycles. The van der Waals surface area contributed by atoms with Gasteiger partial charge in [-0.05, 0) is 23.3 Å². The number of para-hydroxylation sites is 1. The molecule has 0 fully saturated rings. The zero-order valence-electron chi connectivity index (χ0n) is 18.7. The van der Waals surface area contributed by atoms with E-state index in [1.807, 2.05) is 73.8 Å². The number of hydrogen-bond donors (Lipinski definition) is 2. The lowest BCUT2D eigenvalue weighted by Crippen LogP contribution is -2.42. The fraction of sp³-hybridized carbons (Fsp3) is 0.148. The molecule has 7 heteroatoms. The molecule has 5 rings (SSSR count). The number of amides is 3. The average molecular weight is 453 g/mol. The zero-order chi connectivity index (χ0) is 23.8. The Bertz CT molecular complexity index is 1420. The van der Waals surface area contributed by atoms with Crippen LogP contribution in [0.4, 0.5) is 0 Å². The quantitative estimate of drug-likeness (QED) is 0.471. The molecule has 1 aromatic heterocycles. The number of carbonyl (C=O) groups excluding carboxylic acids is 3.